The van der Waals surface area contributed by atoms with E-state index >= 15 is 0 Å². The third-order valence-corrected chi connectivity index (χ3v) is 7.22. The molecule has 10 nitrogen and oxygen atoms in total. The minimum Gasteiger partial charge on any atom is -0.492 e. The smallest absolute Gasteiger partial charge is 0.325 e. The van der Waals surface area contributed by atoms with Gasteiger partial charge in [0.05, 0.1) is 19.2 Å². The van der Waals surface area contributed by atoms with E-state index in [1.165, 1.54) is 24.1 Å². The van der Waals surface area contributed by atoms with Gasteiger partial charge in [-0.2, -0.15) is 0 Å². The van der Waals surface area contributed by atoms with Crippen LogP contribution in [0.25, 0.3) is 0 Å². The average Bonchev–Trinajstić information content (AvgIpc) is 3.06. The quantitative estimate of drug-likeness (QED) is 0.505. The fourth-order valence-electron chi connectivity index (χ4n) is 3.81. The highest BCUT2D eigenvalue weighted by atomic mass is 32.2. The summed E-state index contributed by atoms with van der Waals surface area (Å²) in [6, 6.07) is 2.04. The fourth-order valence-corrected chi connectivity index (χ4v) is 5.28. The summed E-state index contributed by atoms with van der Waals surface area (Å²) in [5.74, 6) is 0.328. The predicted molar refractivity (Wildman–Crippen MR) is 126 cm³/mol. The van der Waals surface area contributed by atoms with Gasteiger partial charge in [-0.1, -0.05) is 6.92 Å². The third kappa shape index (κ3) is 5.22. The molecular formula is C21H28N4O6S2. The number of benzene rings is 1. The van der Waals surface area contributed by atoms with E-state index in [0.717, 1.165) is 5.57 Å². The highest BCUT2D eigenvalue weighted by Gasteiger charge is 2.34. The van der Waals surface area contributed by atoms with Gasteiger partial charge in [0.15, 0.2) is 5.11 Å². The van der Waals surface area contributed by atoms with Crippen molar-refractivity contribution in [1.82, 2.24) is 20.3 Å². The average molecular weight is 497 g/mol. The van der Waals surface area contributed by atoms with Crippen LogP contribution in [-0.2, 0) is 21.2 Å². The lowest BCUT2D eigenvalue weighted by Crippen LogP contribution is -2.49. The van der Waals surface area contributed by atoms with Crippen LogP contribution in [-0.4, -0.2) is 63.2 Å². The molecule has 1 aromatic carbocycles. The summed E-state index contributed by atoms with van der Waals surface area (Å²) >= 11 is 4.94. The molecule has 180 valence electrons. The Hall–Kier alpha value is -2.86. The van der Waals surface area contributed by atoms with Crippen LogP contribution in [0, 0.1) is 0 Å². The van der Waals surface area contributed by atoms with Gasteiger partial charge in [0.2, 0.25) is 0 Å². The van der Waals surface area contributed by atoms with E-state index in [2.05, 4.69) is 15.4 Å². The Labute approximate surface area is 198 Å². The second kappa shape index (κ2) is 9.96. The zero-order valence-electron chi connectivity index (χ0n) is 19.0. The van der Waals surface area contributed by atoms with E-state index in [1.54, 1.807) is 6.92 Å². The van der Waals surface area contributed by atoms with Gasteiger partial charge < -0.3 is 20.1 Å². The van der Waals surface area contributed by atoms with Crippen molar-refractivity contribution in [2.75, 3.05) is 26.8 Å². The monoisotopic (exact) mass is 496 g/mol. The maximum absolute atomic E-state index is 12.9. The summed E-state index contributed by atoms with van der Waals surface area (Å²) in [5, 5.41) is 5.34. The number of ether oxygens (including phenoxy) is 2. The molecule has 0 fully saturated rings. The number of rotatable bonds is 6. The van der Waals surface area contributed by atoms with Gasteiger partial charge in [-0.25, -0.2) is 13.2 Å². The molecule has 1 unspecified atom stereocenters. The van der Waals surface area contributed by atoms with Gasteiger partial charge in [0.25, 0.3) is 15.9 Å². The Bertz CT molecular complexity index is 1120. The number of sulfonamides is 1. The molecule has 1 atom stereocenters. The summed E-state index contributed by atoms with van der Waals surface area (Å²) in [4.78, 5) is 26.3. The number of urea groups is 1. The Balaban J connectivity index is 1.80. The van der Waals surface area contributed by atoms with Crippen LogP contribution in [0.5, 0.6) is 11.5 Å². The Morgan fingerprint density at radius 1 is 1.33 bits per heavy atom. The van der Waals surface area contributed by atoms with Crippen LogP contribution in [0.4, 0.5) is 4.79 Å². The standard InChI is InChI=1S/C21H28N4O6S2/c1-5-15-12(3)10-25(19(15)26)21(27)23-14-7-13-8-18(33(28,29)24-20(32)22-4)17(30-6-2)9-16(13)31-11-14/h8-9,14H,5-7,10-11H2,1-4H3,(H,23,27)(H2,22,24,32). The maximum Gasteiger partial charge on any atom is 0.325 e. The second-order valence-corrected chi connectivity index (χ2v) is 9.75. The molecular weight excluding hydrogens is 468 g/mol. The molecule has 0 saturated carbocycles. The number of imide groups is 1. The van der Waals surface area contributed by atoms with Gasteiger partial charge in [-0.3, -0.25) is 14.4 Å². The van der Waals surface area contributed by atoms with Crippen LogP contribution in [0.1, 0.15) is 32.8 Å². The summed E-state index contributed by atoms with van der Waals surface area (Å²) in [7, 11) is -2.51. The van der Waals surface area contributed by atoms with Gasteiger partial charge >= 0.3 is 6.03 Å². The van der Waals surface area contributed by atoms with E-state index in [0.29, 0.717) is 29.7 Å². The molecule has 0 radical (unpaired) electrons. The molecule has 33 heavy (non-hydrogen) atoms. The molecule has 3 N–H and O–H groups in total. The number of carbonyl (C=O) groups excluding carboxylic acids is 2. The lowest BCUT2D eigenvalue weighted by molar-refractivity contribution is -0.123. The van der Waals surface area contributed by atoms with Gasteiger partial charge in [-0.15, -0.1) is 0 Å². The Morgan fingerprint density at radius 2 is 2.06 bits per heavy atom. The third-order valence-electron chi connectivity index (χ3n) is 5.42. The molecule has 2 heterocycles. The van der Waals surface area contributed by atoms with Crippen molar-refractivity contribution in [2.24, 2.45) is 0 Å². The van der Waals surface area contributed by atoms with Crippen molar-refractivity contribution >= 4 is 39.3 Å². The molecule has 12 heteroatoms. The molecule has 1 aromatic rings. The molecule has 2 aliphatic rings. The van der Waals surface area contributed by atoms with Gasteiger partial charge in [-0.05, 0) is 56.1 Å². The van der Waals surface area contributed by atoms with E-state index in [9.17, 15) is 18.0 Å². The minimum atomic E-state index is -4.01. The summed E-state index contributed by atoms with van der Waals surface area (Å²) < 4.78 is 39.3. The highest BCUT2D eigenvalue weighted by Crippen LogP contribution is 2.35. The number of nitrogens with one attached hydrogen (secondary N) is 3. The molecule has 0 bridgehead atoms. The van der Waals surface area contributed by atoms with E-state index < -0.39 is 22.1 Å². The van der Waals surface area contributed by atoms with Crippen molar-refractivity contribution in [3.05, 3.63) is 28.8 Å². The topological polar surface area (TPSA) is 126 Å². The number of fused-ring (bicyclic) bond motifs is 1. The SMILES string of the molecule is CCOc1cc2c(cc1S(=O)(=O)NC(=S)NC)CC(NC(=O)N1CC(C)=C(CC)C1=O)CO2. The molecule has 0 aliphatic carbocycles. The van der Waals surface area contributed by atoms with Crippen molar-refractivity contribution in [3.8, 4) is 11.5 Å². The predicted octanol–water partition coefficient (Wildman–Crippen LogP) is 1.45. The highest BCUT2D eigenvalue weighted by molar-refractivity contribution is 7.92. The lowest BCUT2D eigenvalue weighted by atomic mass is 10.0. The van der Waals surface area contributed by atoms with Crippen molar-refractivity contribution in [3.63, 3.8) is 0 Å². The second-order valence-electron chi connectivity index (χ2n) is 7.69. The zero-order chi connectivity index (χ0) is 24.3. The van der Waals surface area contributed by atoms with E-state index in [4.69, 9.17) is 21.7 Å². The van der Waals surface area contributed by atoms with Gasteiger partial charge in [0, 0.05) is 18.7 Å². The molecule has 0 spiro atoms. The number of nitrogens with zero attached hydrogens (tertiary/aromatic N) is 1. The first-order chi connectivity index (χ1) is 15.6. The summed E-state index contributed by atoms with van der Waals surface area (Å²) in [5.41, 5.74) is 2.12. The number of hydrogen-bond acceptors (Lipinski definition) is 7. The first kappa shape index (κ1) is 24.8. The van der Waals surface area contributed by atoms with Crippen molar-refractivity contribution in [2.45, 2.75) is 44.6 Å². The van der Waals surface area contributed by atoms with Crippen LogP contribution in [0.2, 0.25) is 0 Å². The van der Waals surface area contributed by atoms with Gasteiger partial charge in [0.1, 0.15) is 23.0 Å². The Kier molecular flexibility index (Phi) is 7.48. The van der Waals surface area contributed by atoms with Crippen LogP contribution < -0.4 is 24.8 Å². The minimum absolute atomic E-state index is 0.0535. The number of carbonyl (C=O) groups is 2. The first-order valence-corrected chi connectivity index (χ1v) is 12.5. The van der Waals surface area contributed by atoms with Crippen LogP contribution in [0.15, 0.2) is 28.2 Å². The molecule has 0 aromatic heterocycles. The van der Waals surface area contributed by atoms with Crippen LogP contribution >= 0.6 is 12.2 Å². The largest absolute Gasteiger partial charge is 0.492 e. The lowest BCUT2D eigenvalue weighted by Gasteiger charge is -2.28. The molecule has 2 aliphatic heterocycles. The molecule has 3 amide bonds. The van der Waals surface area contributed by atoms with Crippen LogP contribution in [0.3, 0.4) is 0 Å². The first-order valence-electron chi connectivity index (χ1n) is 10.6. The summed E-state index contributed by atoms with van der Waals surface area (Å²) in [6.45, 7) is 6.16. The number of hydrogen-bond donors (Lipinski definition) is 3. The van der Waals surface area contributed by atoms with E-state index in [-0.39, 0.29) is 41.4 Å². The van der Waals surface area contributed by atoms with E-state index in [1.807, 2.05) is 13.8 Å². The molecule has 3 rings (SSSR count). The molecule has 0 saturated heterocycles. The normalized spacial score (nSPS) is 17.9. The maximum atomic E-state index is 12.9. The zero-order valence-corrected chi connectivity index (χ0v) is 20.6. The Morgan fingerprint density at radius 3 is 2.67 bits per heavy atom. The van der Waals surface area contributed by atoms with Crippen molar-refractivity contribution in [1.29, 1.82) is 0 Å². The van der Waals surface area contributed by atoms with Crippen molar-refractivity contribution < 1.29 is 27.5 Å². The fraction of sp³-hybridized carbons (Fsp3) is 0.476. The number of thiocarbonyl (C=S) groups is 1. The number of amides is 3. The summed E-state index contributed by atoms with van der Waals surface area (Å²) in [6.07, 6.45) is 0.889.